The lowest BCUT2D eigenvalue weighted by atomic mass is 9.88. The molecule has 0 radical (unpaired) electrons. The number of hydrogen-bond acceptors (Lipinski definition) is 6. The van der Waals surface area contributed by atoms with Crippen molar-refractivity contribution in [2.24, 2.45) is 0 Å². The summed E-state index contributed by atoms with van der Waals surface area (Å²) in [4.78, 5) is 11.3. The predicted molar refractivity (Wildman–Crippen MR) is 124 cm³/mol. The van der Waals surface area contributed by atoms with Crippen LogP contribution in [0.3, 0.4) is 0 Å². The summed E-state index contributed by atoms with van der Waals surface area (Å²) in [6, 6.07) is 2.51. The van der Waals surface area contributed by atoms with E-state index in [2.05, 4.69) is 25.3 Å². The third kappa shape index (κ3) is 4.56. The molecule has 1 aromatic carbocycles. The molecule has 0 saturated carbocycles. The molecule has 3 aromatic rings. The fourth-order valence-electron chi connectivity index (χ4n) is 4.41. The highest BCUT2D eigenvalue weighted by molar-refractivity contribution is 6.32. The zero-order chi connectivity index (χ0) is 24.0. The number of aromatic nitrogens is 4. The molecule has 34 heavy (non-hydrogen) atoms. The number of nitrogens with one attached hydrogen (secondary N) is 1. The minimum atomic E-state index is -4.47. The Labute approximate surface area is 204 Å². The molecule has 2 aromatic heterocycles. The molecule has 12 heteroatoms. The Balaban J connectivity index is 1.35. The van der Waals surface area contributed by atoms with Crippen LogP contribution in [0.15, 0.2) is 24.5 Å². The Morgan fingerprint density at radius 1 is 1.15 bits per heavy atom. The van der Waals surface area contributed by atoms with Crippen molar-refractivity contribution in [2.75, 3.05) is 31.6 Å². The van der Waals surface area contributed by atoms with Crippen LogP contribution in [-0.2, 0) is 4.74 Å². The molecule has 0 aliphatic carbocycles. The van der Waals surface area contributed by atoms with Crippen molar-refractivity contribution in [3.63, 3.8) is 0 Å². The first kappa shape index (κ1) is 23.6. The summed E-state index contributed by atoms with van der Waals surface area (Å²) in [6.07, 6.45) is 0.389. The standard InChI is InChI=1S/C22H23Cl2F3N6O/c1-12(22(25,26)27)33-20(24)19(9-29-33)31-21-28-8-14-6-17(23)16(7-18(14)30-21)13-2-4-32(5-3-13)15-10-34-11-15/h6-9,12-13,15H,2-5,10-11H2,1H3,(H,28,30,31). The Bertz CT molecular complexity index is 1190. The maximum atomic E-state index is 13.0. The average Bonchev–Trinajstić information content (AvgIpc) is 3.11. The van der Waals surface area contributed by atoms with Crippen LogP contribution >= 0.6 is 23.2 Å². The van der Waals surface area contributed by atoms with Gasteiger partial charge in [-0.2, -0.15) is 18.3 Å². The fourth-order valence-corrected chi connectivity index (χ4v) is 5.02. The SMILES string of the molecule is CC(n1ncc(Nc2ncc3cc(Cl)c(C4CCN(C5COC5)CC4)cc3n2)c1Cl)C(F)(F)F. The van der Waals surface area contributed by atoms with Gasteiger partial charge >= 0.3 is 6.18 Å². The van der Waals surface area contributed by atoms with Gasteiger partial charge in [-0.3, -0.25) is 4.90 Å². The monoisotopic (exact) mass is 514 g/mol. The fraction of sp³-hybridized carbons (Fsp3) is 0.500. The summed E-state index contributed by atoms with van der Waals surface area (Å²) in [5, 5.41) is 7.94. The van der Waals surface area contributed by atoms with E-state index >= 15 is 0 Å². The number of alkyl halides is 3. The lowest BCUT2D eigenvalue weighted by molar-refractivity contribution is -0.165. The second kappa shape index (κ2) is 9.14. The number of hydrogen-bond donors (Lipinski definition) is 1. The number of piperidine rings is 1. The highest BCUT2D eigenvalue weighted by Gasteiger charge is 2.39. The van der Waals surface area contributed by atoms with E-state index < -0.39 is 12.2 Å². The number of benzene rings is 1. The van der Waals surface area contributed by atoms with Gasteiger partial charge in [0.25, 0.3) is 0 Å². The van der Waals surface area contributed by atoms with E-state index in [0.717, 1.165) is 57.0 Å². The van der Waals surface area contributed by atoms with Crippen LogP contribution < -0.4 is 5.32 Å². The first-order valence-corrected chi connectivity index (χ1v) is 11.8. The molecule has 1 N–H and O–H groups in total. The molecule has 2 fully saturated rings. The highest BCUT2D eigenvalue weighted by atomic mass is 35.5. The molecular formula is C22H23Cl2F3N6O. The number of halogens is 5. The Kier molecular flexibility index (Phi) is 6.34. The number of anilines is 2. The third-order valence-electron chi connectivity index (χ3n) is 6.63. The van der Waals surface area contributed by atoms with Gasteiger partial charge in [-0.15, -0.1) is 0 Å². The number of likely N-dealkylation sites (tertiary alicyclic amines) is 1. The normalized spacial score (nSPS) is 19.4. The van der Waals surface area contributed by atoms with Gasteiger partial charge in [0.15, 0.2) is 5.15 Å². The summed E-state index contributed by atoms with van der Waals surface area (Å²) in [5.74, 6) is 0.540. The topological polar surface area (TPSA) is 68.1 Å². The van der Waals surface area contributed by atoms with Crippen LogP contribution in [-0.4, -0.2) is 63.2 Å². The Morgan fingerprint density at radius 3 is 2.53 bits per heavy atom. The smallest absolute Gasteiger partial charge is 0.378 e. The Morgan fingerprint density at radius 2 is 1.88 bits per heavy atom. The maximum Gasteiger partial charge on any atom is 0.410 e. The summed E-state index contributed by atoms with van der Waals surface area (Å²) in [5.41, 5.74) is 1.94. The number of ether oxygens (including phenoxy) is 1. The van der Waals surface area contributed by atoms with Gasteiger partial charge in [-0.25, -0.2) is 14.6 Å². The van der Waals surface area contributed by atoms with Gasteiger partial charge in [-0.05, 0) is 56.5 Å². The van der Waals surface area contributed by atoms with Crippen LogP contribution in [0.5, 0.6) is 0 Å². The van der Waals surface area contributed by atoms with Crippen molar-refractivity contribution in [1.29, 1.82) is 0 Å². The molecule has 2 saturated heterocycles. The molecule has 5 rings (SSSR count). The van der Waals surface area contributed by atoms with Crippen LogP contribution in [0.25, 0.3) is 10.9 Å². The minimum Gasteiger partial charge on any atom is -0.378 e. The third-order valence-corrected chi connectivity index (χ3v) is 7.33. The number of nitrogens with zero attached hydrogens (tertiary/aromatic N) is 5. The maximum absolute atomic E-state index is 13.0. The van der Waals surface area contributed by atoms with Gasteiger partial charge in [0.2, 0.25) is 5.95 Å². The minimum absolute atomic E-state index is 0.172. The molecule has 1 atom stereocenters. The molecule has 7 nitrogen and oxygen atoms in total. The first-order chi connectivity index (χ1) is 16.2. The van der Waals surface area contributed by atoms with Crippen molar-refractivity contribution < 1.29 is 17.9 Å². The van der Waals surface area contributed by atoms with E-state index in [4.69, 9.17) is 27.9 Å². The van der Waals surface area contributed by atoms with E-state index in [1.807, 2.05) is 12.1 Å². The number of rotatable bonds is 5. The van der Waals surface area contributed by atoms with E-state index in [-0.39, 0.29) is 16.8 Å². The molecule has 0 amide bonds. The van der Waals surface area contributed by atoms with Crippen molar-refractivity contribution in [1.82, 2.24) is 24.6 Å². The van der Waals surface area contributed by atoms with Gasteiger partial charge < -0.3 is 10.1 Å². The summed E-state index contributed by atoms with van der Waals surface area (Å²) in [7, 11) is 0. The second-order valence-electron chi connectivity index (χ2n) is 8.76. The largest absolute Gasteiger partial charge is 0.410 e. The molecule has 2 aliphatic rings. The van der Waals surface area contributed by atoms with Crippen LogP contribution in [0.4, 0.5) is 24.8 Å². The van der Waals surface area contributed by atoms with Crippen molar-refractivity contribution in [2.45, 2.75) is 43.9 Å². The highest BCUT2D eigenvalue weighted by Crippen LogP contribution is 2.37. The first-order valence-electron chi connectivity index (χ1n) is 11.1. The summed E-state index contributed by atoms with van der Waals surface area (Å²) >= 11 is 12.8. The van der Waals surface area contributed by atoms with E-state index in [9.17, 15) is 13.2 Å². The lowest BCUT2D eigenvalue weighted by Crippen LogP contribution is -2.51. The molecule has 4 heterocycles. The Hall–Kier alpha value is -2.14. The van der Waals surface area contributed by atoms with Crippen LogP contribution in [0, 0.1) is 0 Å². The molecule has 2 aliphatic heterocycles. The van der Waals surface area contributed by atoms with Crippen LogP contribution in [0.2, 0.25) is 10.2 Å². The summed E-state index contributed by atoms with van der Waals surface area (Å²) in [6.45, 7) is 4.62. The molecular weight excluding hydrogens is 492 g/mol. The van der Waals surface area contributed by atoms with E-state index in [1.165, 1.54) is 6.20 Å². The molecule has 0 bridgehead atoms. The number of fused-ring (bicyclic) bond motifs is 1. The van der Waals surface area contributed by atoms with E-state index in [1.54, 1.807) is 6.20 Å². The van der Waals surface area contributed by atoms with Crippen molar-refractivity contribution >= 4 is 45.7 Å². The molecule has 1 unspecified atom stereocenters. The zero-order valence-electron chi connectivity index (χ0n) is 18.3. The van der Waals surface area contributed by atoms with Gasteiger partial charge in [0.05, 0.1) is 36.7 Å². The van der Waals surface area contributed by atoms with E-state index in [0.29, 0.717) is 27.2 Å². The van der Waals surface area contributed by atoms with Gasteiger partial charge in [0, 0.05) is 16.6 Å². The summed E-state index contributed by atoms with van der Waals surface area (Å²) < 4.78 is 45.2. The lowest BCUT2D eigenvalue weighted by Gasteiger charge is -2.41. The zero-order valence-corrected chi connectivity index (χ0v) is 19.8. The second-order valence-corrected chi connectivity index (χ2v) is 9.53. The van der Waals surface area contributed by atoms with Gasteiger partial charge in [-0.1, -0.05) is 23.2 Å². The van der Waals surface area contributed by atoms with Crippen LogP contribution in [0.1, 0.15) is 37.3 Å². The average molecular weight is 515 g/mol. The molecule has 182 valence electrons. The van der Waals surface area contributed by atoms with Crippen molar-refractivity contribution in [3.05, 3.63) is 40.3 Å². The van der Waals surface area contributed by atoms with Gasteiger partial charge in [0.1, 0.15) is 6.04 Å². The van der Waals surface area contributed by atoms with Crippen molar-refractivity contribution in [3.8, 4) is 0 Å². The predicted octanol–water partition coefficient (Wildman–Crippen LogP) is 5.58. The quantitative estimate of drug-likeness (QED) is 0.479. The molecule has 0 spiro atoms.